The summed E-state index contributed by atoms with van der Waals surface area (Å²) >= 11 is 0. The summed E-state index contributed by atoms with van der Waals surface area (Å²) in [5.41, 5.74) is 2.04. The molecule has 0 saturated heterocycles. The van der Waals surface area contributed by atoms with E-state index in [0.29, 0.717) is 28.9 Å². The minimum atomic E-state index is -0.362. The number of benzene rings is 1. The number of hydrogen-bond acceptors (Lipinski definition) is 5. The van der Waals surface area contributed by atoms with E-state index in [9.17, 15) is 9.18 Å². The predicted octanol–water partition coefficient (Wildman–Crippen LogP) is 3.37. The van der Waals surface area contributed by atoms with Gasteiger partial charge < -0.3 is 9.84 Å². The second-order valence-corrected chi connectivity index (χ2v) is 7.61. The summed E-state index contributed by atoms with van der Waals surface area (Å²) in [6, 6.07) is 7.54. The van der Waals surface area contributed by atoms with E-state index in [4.69, 9.17) is 4.52 Å². The minimum Gasteiger partial charge on any atom is -0.339 e. The third-order valence-corrected chi connectivity index (χ3v) is 5.30. The average Bonchev–Trinajstić information content (AvgIpc) is 3.60. The number of amides is 1. The third kappa shape index (κ3) is 3.30. The fraction of sp³-hybridized carbons (Fsp3) is 0.400. The van der Waals surface area contributed by atoms with Gasteiger partial charge in [0.15, 0.2) is 0 Å². The highest BCUT2D eigenvalue weighted by Crippen LogP contribution is 2.41. The van der Waals surface area contributed by atoms with Crippen LogP contribution in [0.5, 0.6) is 0 Å². The van der Waals surface area contributed by atoms with E-state index >= 15 is 0 Å². The second kappa shape index (κ2) is 6.54. The first kappa shape index (κ1) is 17.1. The van der Waals surface area contributed by atoms with Crippen LogP contribution in [0.3, 0.4) is 0 Å². The molecule has 0 bridgehead atoms. The van der Waals surface area contributed by atoms with E-state index in [1.54, 1.807) is 23.9 Å². The molecule has 2 saturated carbocycles. The number of nitrogens with one attached hydrogen (secondary N) is 1. The monoisotopic (exact) mass is 381 g/mol. The van der Waals surface area contributed by atoms with E-state index in [-0.39, 0.29) is 23.7 Å². The van der Waals surface area contributed by atoms with E-state index in [0.717, 1.165) is 31.4 Å². The normalized spacial score (nSPS) is 17.5. The lowest BCUT2D eigenvalue weighted by Gasteiger charge is -2.14. The first-order valence-corrected chi connectivity index (χ1v) is 9.53. The van der Waals surface area contributed by atoms with Gasteiger partial charge in [0.1, 0.15) is 17.6 Å². The lowest BCUT2D eigenvalue weighted by atomic mass is 10.1. The van der Waals surface area contributed by atoms with Crippen LogP contribution in [0.4, 0.5) is 4.39 Å². The van der Waals surface area contributed by atoms with Crippen LogP contribution >= 0.6 is 0 Å². The molecule has 2 aliphatic carbocycles. The quantitative estimate of drug-likeness (QED) is 0.708. The van der Waals surface area contributed by atoms with E-state index < -0.39 is 0 Å². The van der Waals surface area contributed by atoms with Crippen molar-refractivity contribution in [2.45, 2.75) is 37.6 Å². The topological polar surface area (TPSA) is 85.8 Å². The fourth-order valence-corrected chi connectivity index (χ4v) is 3.41. The van der Waals surface area contributed by atoms with Crippen molar-refractivity contribution in [2.24, 2.45) is 13.0 Å². The van der Waals surface area contributed by atoms with Crippen LogP contribution in [0.15, 0.2) is 34.9 Å². The summed E-state index contributed by atoms with van der Waals surface area (Å²) in [4.78, 5) is 17.3. The molecule has 28 heavy (non-hydrogen) atoms. The average molecular weight is 381 g/mol. The number of carbonyl (C=O) groups excluding carboxylic acids is 1. The molecular weight excluding hydrogens is 361 g/mol. The van der Waals surface area contributed by atoms with Crippen molar-refractivity contribution in [3.05, 3.63) is 53.4 Å². The summed E-state index contributed by atoms with van der Waals surface area (Å²) < 4.78 is 20.5. The summed E-state index contributed by atoms with van der Waals surface area (Å²) in [5, 5.41) is 11.5. The Bertz CT molecular complexity index is 1030. The highest BCUT2D eigenvalue weighted by Gasteiger charge is 2.38. The lowest BCUT2D eigenvalue weighted by molar-refractivity contribution is 0.0912. The summed E-state index contributed by atoms with van der Waals surface area (Å²) in [5.74, 6) is 0.839. The maximum absolute atomic E-state index is 13.5. The van der Waals surface area contributed by atoms with Crippen LogP contribution in [0.1, 0.15) is 59.7 Å². The molecule has 1 atom stereocenters. The largest absolute Gasteiger partial charge is 0.339 e. The number of carbonyl (C=O) groups is 1. The van der Waals surface area contributed by atoms with Crippen molar-refractivity contribution in [3.63, 3.8) is 0 Å². The molecule has 2 heterocycles. The Morgan fingerprint density at radius 3 is 2.82 bits per heavy atom. The molecule has 2 fully saturated rings. The predicted molar refractivity (Wildman–Crippen MR) is 97.8 cm³/mol. The maximum atomic E-state index is 13.5. The maximum Gasteiger partial charge on any atom is 0.270 e. The highest BCUT2D eigenvalue weighted by atomic mass is 19.1. The lowest BCUT2D eigenvalue weighted by Crippen LogP contribution is -2.31. The molecule has 0 spiro atoms. The molecule has 2 aromatic heterocycles. The number of halogens is 1. The Balaban J connectivity index is 1.37. The fourth-order valence-electron chi connectivity index (χ4n) is 3.41. The van der Waals surface area contributed by atoms with Crippen LogP contribution in [-0.4, -0.2) is 25.8 Å². The van der Waals surface area contributed by atoms with Gasteiger partial charge in [-0.05, 0) is 49.8 Å². The van der Waals surface area contributed by atoms with Crippen LogP contribution in [0.25, 0.3) is 11.4 Å². The van der Waals surface area contributed by atoms with Gasteiger partial charge in [0, 0.05) is 18.5 Å². The third-order valence-electron chi connectivity index (χ3n) is 5.30. The smallest absolute Gasteiger partial charge is 0.270 e. The number of hydrogen-bond donors (Lipinski definition) is 1. The Hall–Kier alpha value is -3.03. The number of nitrogens with zero attached hydrogens (tertiary/aromatic N) is 4. The Morgan fingerprint density at radius 1 is 1.29 bits per heavy atom. The number of rotatable bonds is 6. The molecule has 0 radical (unpaired) electrons. The van der Waals surface area contributed by atoms with Crippen LogP contribution in [0, 0.1) is 11.7 Å². The Kier molecular flexibility index (Phi) is 3.99. The van der Waals surface area contributed by atoms with E-state index in [2.05, 4.69) is 20.6 Å². The van der Waals surface area contributed by atoms with E-state index in [1.165, 1.54) is 12.1 Å². The van der Waals surface area contributed by atoms with Gasteiger partial charge in [-0.1, -0.05) is 17.3 Å². The van der Waals surface area contributed by atoms with Crippen LogP contribution < -0.4 is 5.32 Å². The molecule has 1 aromatic carbocycles. The van der Waals surface area contributed by atoms with Gasteiger partial charge in [-0.3, -0.25) is 9.48 Å². The van der Waals surface area contributed by atoms with Crippen molar-refractivity contribution >= 4 is 5.91 Å². The molecule has 2 aliphatic rings. The zero-order chi connectivity index (χ0) is 19.3. The van der Waals surface area contributed by atoms with Gasteiger partial charge in [0.05, 0.1) is 5.69 Å². The molecule has 0 aliphatic heterocycles. The van der Waals surface area contributed by atoms with Crippen LogP contribution in [0.2, 0.25) is 0 Å². The molecule has 7 nitrogen and oxygen atoms in total. The van der Waals surface area contributed by atoms with Crippen molar-refractivity contribution in [3.8, 4) is 11.4 Å². The second-order valence-electron chi connectivity index (χ2n) is 7.61. The molecule has 5 rings (SSSR count). The van der Waals surface area contributed by atoms with Crippen molar-refractivity contribution in [1.82, 2.24) is 25.2 Å². The van der Waals surface area contributed by atoms with Crippen molar-refractivity contribution in [1.29, 1.82) is 0 Å². The first-order chi connectivity index (χ1) is 13.6. The van der Waals surface area contributed by atoms with Gasteiger partial charge in [0.25, 0.3) is 5.91 Å². The SMILES string of the molecule is Cn1nc(C2CC2)cc1C(=O)NC(c1nc(-c2cccc(F)c2)no1)C1CC1. The molecule has 1 unspecified atom stereocenters. The first-order valence-electron chi connectivity index (χ1n) is 9.53. The molecule has 8 heteroatoms. The Morgan fingerprint density at radius 2 is 2.11 bits per heavy atom. The van der Waals surface area contributed by atoms with Gasteiger partial charge in [-0.2, -0.15) is 10.1 Å². The van der Waals surface area contributed by atoms with Gasteiger partial charge in [0.2, 0.25) is 11.7 Å². The standard InChI is InChI=1S/C20H20FN5O2/c1-26-16(10-15(24-26)11-5-6-11)19(27)22-17(12-7-8-12)20-23-18(25-28-20)13-3-2-4-14(21)9-13/h2-4,9-12,17H,5-8H2,1H3,(H,22,27). The zero-order valence-electron chi connectivity index (χ0n) is 15.4. The van der Waals surface area contributed by atoms with Crippen molar-refractivity contribution < 1.29 is 13.7 Å². The van der Waals surface area contributed by atoms with E-state index in [1.807, 2.05) is 6.07 Å². The number of aryl methyl sites for hydroxylation is 1. The van der Waals surface area contributed by atoms with Crippen LogP contribution in [-0.2, 0) is 7.05 Å². The Labute approximate surface area is 160 Å². The van der Waals surface area contributed by atoms with Crippen molar-refractivity contribution in [2.75, 3.05) is 0 Å². The summed E-state index contributed by atoms with van der Waals surface area (Å²) in [7, 11) is 1.78. The molecule has 144 valence electrons. The zero-order valence-corrected chi connectivity index (χ0v) is 15.4. The molecule has 1 N–H and O–H groups in total. The summed E-state index contributed by atoms with van der Waals surface area (Å²) in [6.07, 6.45) is 4.24. The van der Waals surface area contributed by atoms with Gasteiger partial charge in [-0.15, -0.1) is 0 Å². The van der Waals surface area contributed by atoms with Gasteiger partial charge in [-0.25, -0.2) is 4.39 Å². The minimum absolute atomic E-state index is 0.204. The molecule has 1 amide bonds. The molecular formula is C20H20FN5O2. The number of aromatic nitrogens is 4. The highest BCUT2D eigenvalue weighted by molar-refractivity contribution is 5.93. The summed E-state index contributed by atoms with van der Waals surface area (Å²) in [6.45, 7) is 0. The van der Waals surface area contributed by atoms with Gasteiger partial charge >= 0.3 is 0 Å². The molecule has 3 aromatic rings.